The van der Waals surface area contributed by atoms with E-state index in [9.17, 15) is 14.7 Å². The molecular weight excluding hydrogens is 424 g/mol. The lowest BCUT2D eigenvalue weighted by atomic mass is 9.98. The number of Topliss-reactive ketones (excluding diaryl/α,β-unsaturated/α-hetero) is 1. The molecule has 1 fully saturated rings. The van der Waals surface area contributed by atoms with E-state index in [0.29, 0.717) is 12.1 Å². The Hall–Kier alpha value is -2.64. The zero-order valence-corrected chi connectivity index (χ0v) is 19.7. The van der Waals surface area contributed by atoms with E-state index in [4.69, 9.17) is 4.74 Å². The number of ketones is 1. The molecule has 32 heavy (non-hydrogen) atoms. The highest BCUT2D eigenvalue weighted by Crippen LogP contribution is 2.41. The quantitative estimate of drug-likeness (QED) is 0.374. The Morgan fingerprint density at radius 1 is 1.25 bits per heavy atom. The van der Waals surface area contributed by atoms with Crippen LogP contribution in [0.4, 0.5) is 0 Å². The summed E-state index contributed by atoms with van der Waals surface area (Å²) in [7, 11) is 0. The number of likely N-dealkylation sites (tertiary alicyclic amines) is 1. The van der Waals surface area contributed by atoms with Crippen molar-refractivity contribution in [2.75, 3.05) is 26.2 Å². The molecule has 1 saturated heterocycles. The SMILES string of the molecule is CC[NH+](CC)CCCN1C(=O)C(=O)C(=C([O-])c2ccc3c(c2)CC(C)O3)C1c1cccs1. The standard InChI is InChI=1S/C25H30N2O4S/c1-4-26(5-2)11-7-12-27-22(20-8-6-13-32-20)21(24(29)25(27)30)23(28)17-9-10-19-18(15-17)14-16(3)31-19/h6,8-10,13,15-16,22,28H,4-5,7,11-12,14H2,1-3H3. The summed E-state index contributed by atoms with van der Waals surface area (Å²) >= 11 is 1.47. The van der Waals surface area contributed by atoms with E-state index in [0.717, 1.165) is 48.7 Å². The molecule has 4 rings (SSSR count). The number of hydrogen-bond donors (Lipinski definition) is 1. The summed E-state index contributed by atoms with van der Waals surface area (Å²) < 4.78 is 5.74. The zero-order valence-electron chi connectivity index (χ0n) is 18.8. The van der Waals surface area contributed by atoms with Gasteiger partial charge in [-0.3, -0.25) is 9.59 Å². The van der Waals surface area contributed by atoms with Gasteiger partial charge in [-0.15, -0.1) is 11.3 Å². The molecule has 1 N–H and O–H groups in total. The number of ether oxygens (including phenoxy) is 1. The summed E-state index contributed by atoms with van der Waals surface area (Å²) in [5.41, 5.74) is 1.47. The van der Waals surface area contributed by atoms with Gasteiger partial charge in [0.05, 0.1) is 25.7 Å². The monoisotopic (exact) mass is 454 g/mol. The largest absolute Gasteiger partial charge is 0.872 e. The first-order valence-corrected chi connectivity index (χ1v) is 12.3. The molecule has 7 heteroatoms. The Balaban J connectivity index is 1.68. The zero-order chi connectivity index (χ0) is 22.8. The van der Waals surface area contributed by atoms with Gasteiger partial charge in [0.2, 0.25) is 5.78 Å². The summed E-state index contributed by atoms with van der Waals surface area (Å²) in [5, 5.41) is 15.4. The summed E-state index contributed by atoms with van der Waals surface area (Å²) in [6, 6.07) is 8.47. The van der Waals surface area contributed by atoms with Gasteiger partial charge in [0.25, 0.3) is 5.91 Å². The maximum atomic E-state index is 13.5. The lowest BCUT2D eigenvalue weighted by Gasteiger charge is -2.27. The number of benzene rings is 1. The predicted octanol–water partition coefficient (Wildman–Crippen LogP) is 1.61. The van der Waals surface area contributed by atoms with Crippen molar-refractivity contribution in [3.8, 4) is 5.75 Å². The third kappa shape index (κ3) is 4.19. The number of thiophene rings is 1. The second kappa shape index (κ2) is 9.46. The van der Waals surface area contributed by atoms with E-state index < -0.39 is 17.7 Å². The van der Waals surface area contributed by atoms with Gasteiger partial charge >= 0.3 is 0 Å². The van der Waals surface area contributed by atoms with Gasteiger partial charge in [-0.05, 0) is 55.5 Å². The van der Waals surface area contributed by atoms with E-state index in [-0.39, 0.29) is 17.4 Å². The van der Waals surface area contributed by atoms with E-state index in [2.05, 4.69) is 13.8 Å². The van der Waals surface area contributed by atoms with E-state index in [1.54, 1.807) is 17.0 Å². The highest BCUT2D eigenvalue weighted by molar-refractivity contribution is 7.10. The van der Waals surface area contributed by atoms with Crippen LogP contribution in [-0.4, -0.2) is 48.9 Å². The number of nitrogens with zero attached hydrogens (tertiary/aromatic N) is 1. The van der Waals surface area contributed by atoms with Gasteiger partial charge < -0.3 is 19.6 Å². The van der Waals surface area contributed by atoms with Gasteiger partial charge in [0, 0.05) is 29.8 Å². The molecule has 0 aliphatic carbocycles. The third-order valence-electron chi connectivity index (χ3n) is 6.43. The first-order chi connectivity index (χ1) is 15.4. The number of nitrogens with one attached hydrogen (secondary N) is 1. The van der Waals surface area contributed by atoms with Crippen molar-refractivity contribution in [3.05, 3.63) is 57.3 Å². The molecule has 1 aromatic heterocycles. The molecule has 2 aliphatic rings. The fourth-order valence-electron chi connectivity index (χ4n) is 4.67. The summed E-state index contributed by atoms with van der Waals surface area (Å²) in [6.07, 6.45) is 1.58. The molecule has 0 radical (unpaired) electrons. The second-order valence-corrected chi connectivity index (χ2v) is 9.48. The smallest absolute Gasteiger partial charge is 0.295 e. The molecular formula is C25H30N2O4S. The van der Waals surface area contributed by atoms with Gasteiger partial charge in [-0.2, -0.15) is 0 Å². The van der Waals surface area contributed by atoms with Crippen LogP contribution >= 0.6 is 11.3 Å². The van der Waals surface area contributed by atoms with Crippen LogP contribution in [-0.2, 0) is 16.0 Å². The number of quaternary nitrogens is 1. The summed E-state index contributed by atoms with van der Waals surface area (Å²) in [6.45, 7) is 9.70. The Kier molecular flexibility index (Phi) is 6.67. The van der Waals surface area contributed by atoms with Crippen LogP contribution in [0.1, 0.15) is 49.2 Å². The minimum absolute atomic E-state index is 0.0690. The maximum absolute atomic E-state index is 13.5. The Morgan fingerprint density at radius 3 is 2.72 bits per heavy atom. The molecule has 3 heterocycles. The molecule has 1 aromatic carbocycles. The highest BCUT2D eigenvalue weighted by atomic mass is 32.1. The van der Waals surface area contributed by atoms with Crippen molar-refractivity contribution < 1.29 is 24.3 Å². The molecule has 0 bridgehead atoms. The topological polar surface area (TPSA) is 74.1 Å². The van der Waals surface area contributed by atoms with Crippen molar-refractivity contribution >= 4 is 28.8 Å². The van der Waals surface area contributed by atoms with Crippen LogP contribution in [0.5, 0.6) is 5.75 Å². The first-order valence-electron chi connectivity index (χ1n) is 11.4. The van der Waals surface area contributed by atoms with Crippen molar-refractivity contribution in [2.24, 2.45) is 0 Å². The number of carbonyl (C=O) groups excluding carboxylic acids is 2. The highest BCUT2D eigenvalue weighted by Gasteiger charge is 2.44. The van der Waals surface area contributed by atoms with Crippen molar-refractivity contribution in [2.45, 2.75) is 45.8 Å². The van der Waals surface area contributed by atoms with Gasteiger partial charge in [-0.25, -0.2) is 0 Å². The van der Waals surface area contributed by atoms with Crippen LogP contribution in [0.15, 0.2) is 41.3 Å². The average molecular weight is 455 g/mol. The van der Waals surface area contributed by atoms with Crippen molar-refractivity contribution in [1.29, 1.82) is 0 Å². The summed E-state index contributed by atoms with van der Waals surface area (Å²) in [5.74, 6) is -0.822. The minimum Gasteiger partial charge on any atom is -0.872 e. The number of hydrogen-bond acceptors (Lipinski definition) is 5. The normalized spacial score (nSPS) is 21.9. The van der Waals surface area contributed by atoms with Gasteiger partial charge in [0.15, 0.2) is 0 Å². The van der Waals surface area contributed by atoms with E-state index in [1.807, 2.05) is 30.5 Å². The Labute approximate surface area is 193 Å². The van der Waals surface area contributed by atoms with E-state index in [1.165, 1.54) is 16.2 Å². The van der Waals surface area contributed by atoms with E-state index >= 15 is 0 Å². The maximum Gasteiger partial charge on any atom is 0.295 e. The molecule has 2 atom stereocenters. The first kappa shape index (κ1) is 22.6. The molecule has 0 spiro atoms. The fraction of sp³-hybridized carbons (Fsp3) is 0.440. The average Bonchev–Trinajstić information content (AvgIpc) is 3.49. The molecule has 2 unspecified atom stereocenters. The van der Waals surface area contributed by atoms with Crippen LogP contribution < -0.4 is 14.7 Å². The third-order valence-corrected chi connectivity index (χ3v) is 7.35. The molecule has 0 saturated carbocycles. The summed E-state index contributed by atoms with van der Waals surface area (Å²) in [4.78, 5) is 29.9. The predicted molar refractivity (Wildman–Crippen MR) is 122 cm³/mol. The van der Waals surface area contributed by atoms with Gasteiger partial charge in [0.1, 0.15) is 11.9 Å². The Bertz CT molecular complexity index is 1030. The Morgan fingerprint density at radius 2 is 2.03 bits per heavy atom. The second-order valence-electron chi connectivity index (χ2n) is 8.50. The van der Waals surface area contributed by atoms with Crippen molar-refractivity contribution in [1.82, 2.24) is 4.90 Å². The number of amides is 1. The minimum atomic E-state index is -0.672. The fourth-order valence-corrected chi connectivity index (χ4v) is 5.51. The van der Waals surface area contributed by atoms with Crippen LogP contribution in [0.2, 0.25) is 0 Å². The molecule has 170 valence electrons. The lowest BCUT2D eigenvalue weighted by molar-refractivity contribution is -0.896. The number of rotatable bonds is 8. The molecule has 6 nitrogen and oxygen atoms in total. The molecule has 1 amide bonds. The van der Waals surface area contributed by atoms with Crippen LogP contribution in [0.25, 0.3) is 5.76 Å². The lowest BCUT2D eigenvalue weighted by Crippen LogP contribution is -3.11. The number of carbonyl (C=O) groups is 2. The molecule has 2 aliphatic heterocycles. The van der Waals surface area contributed by atoms with Crippen LogP contribution in [0.3, 0.4) is 0 Å². The van der Waals surface area contributed by atoms with Crippen molar-refractivity contribution in [3.63, 3.8) is 0 Å². The molecule has 2 aromatic rings. The number of fused-ring (bicyclic) bond motifs is 1. The van der Waals surface area contributed by atoms with Crippen LogP contribution in [0, 0.1) is 0 Å². The van der Waals surface area contributed by atoms with Gasteiger partial charge in [-0.1, -0.05) is 17.9 Å².